The summed E-state index contributed by atoms with van der Waals surface area (Å²) in [6, 6.07) is 3.39. The molecule has 0 aliphatic rings. The minimum absolute atomic E-state index is 0.0435. The molecule has 0 aliphatic carbocycles. The highest BCUT2D eigenvalue weighted by Crippen LogP contribution is 2.39. The second-order valence-corrected chi connectivity index (χ2v) is 4.18. The summed E-state index contributed by atoms with van der Waals surface area (Å²) >= 11 is 0. The van der Waals surface area contributed by atoms with Crippen LogP contribution >= 0.6 is 0 Å². The van der Waals surface area contributed by atoms with Gasteiger partial charge in [0.15, 0.2) is 11.5 Å². The zero-order valence-electron chi connectivity index (χ0n) is 10.2. The summed E-state index contributed by atoms with van der Waals surface area (Å²) in [5.41, 5.74) is 6.24. The van der Waals surface area contributed by atoms with Crippen LogP contribution < -0.4 is 15.2 Å². The average Bonchev–Trinajstić information content (AvgIpc) is 2.16. The minimum Gasteiger partial charge on any atom is -0.504 e. The monoisotopic (exact) mass is 225 g/mol. The van der Waals surface area contributed by atoms with E-state index in [9.17, 15) is 5.11 Å². The molecule has 0 atom stereocenters. The summed E-state index contributed by atoms with van der Waals surface area (Å²) in [6.45, 7) is 6.11. The first-order valence-electron chi connectivity index (χ1n) is 5.23. The fourth-order valence-electron chi connectivity index (χ4n) is 1.43. The third-order valence-electron chi connectivity index (χ3n) is 2.28. The van der Waals surface area contributed by atoms with Gasteiger partial charge in [0.2, 0.25) is 5.75 Å². The second-order valence-electron chi connectivity index (χ2n) is 4.18. The maximum atomic E-state index is 9.80. The van der Waals surface area contributed by atoms with Gasteiger partial charge >= 0.3 is 0 Å². The molecule has 1 rings (SSSR count). The van der Waals surface area contributed by atoms with E-state index >= 15 is 0 Å². The van der Waals surface area contributed by atoms with E-state index in [-0.39, 0.29) is 5.75 Å². The molecular weight excluding hydrogens is 206 g/mol. The molecule has 90 valence electrons. The van der Waals surface area contributed by atoms with Gasteiger partial charge in [-0.25, -0.2) is 0 Å². The fourth-order valence-corrected chi connectivity index (χ4v) is 1.43. The van der Waals surface area contributed by atoms with Crippen LogP contribution in [-0.2, 0) is 5.54 Å². The Balaban J connectivity index is 3.28. The van der Waals surface area contributed by atoms with Crippen LogP contribution in [0.2, 0.25) is 0 Å². The normalized spacial score (nSPS) is 11.3. The van der Waals surface area contributed by atoms with Crippen molar-refractivity contribution in [1.82, 2.24) is 0 Å². The van der Waals surface area contributed by atoms with E-state index in [0.29, 0.717) is 18.1 Å². The molecule has 0 bridgehead atoms. The van der Waals surface area contributed by atoms with Crippen molar-refractivity contribution in [3.63, 3.8) is 0 Å². The molecule has 0 fully saturated rings. The Morgan fingerprint density at radius 2 is 2.00 bits per heavy atom. The summed E-state index contributed by atoms with van der Waals surface area (Å²) in [5, 5.41) is 9.80. The van der Waals surface area contributed by atoms with Crippen LogP contribution in [0.4, 0.5) is 0 Å². The van der Waals surface area contributed by atoms with Gasteiger partial charge in [0.25, 0.3) is 0 Å². The number of benzene rings is 1. The van der Waals surface area contributed by atoms with Crippen LogP contribution in [0, 0.1) is 0 Å². The molecule has 0 saturated carbocycles. The Kier molecular flexibility index (Phi) is 3.65. The van der Waals surface area contributed by atoms with Gasteiger partial charge in [-0.05, 0) is 38.5 Å². The number of nitrogens with two attached hydrogens (primary N) is 1. The molecule has 0 aromatic heterocycles. The topological polar surface area (TPSA) is 64.7 Å². The van der Waals surface area contributed by atoms with Crippen LogP contribution in [0.25, 0.3) is 0 Å². The van der Waals surface area contributed by atoms with E-state index in [1.807, 2.05) is 20.8 Å². The molecule has 0 saturated heterocycles. The number of methoxy groups -OCH3 is 1. The number of ether oxygens (including phenoxy) is 2. The van der Waals surface area contributed by atoms with Gasteiger partial charge in [0.1, 0.15) is 0 Å². The lowest BCUT2D eigenvalue weighted by molar-refractivity contribution is 0.298. The molecule has 16 heavy (non-hydrogen) atoms. The molecule has 0 heterocycles. The van der Waals surface area contributed by atoms with Crippen molar-refractivity contribution in [1.29, 1.82) is 0 Å². The van der Waals surface area contributed by atoms with E-state index in [1.165, 1.54) is 7.11 Å². The summed E-state index contributed by atoms with van der Waals surface area (Å²) in [5.74, 6) is 0.898. The van der Waals surface area contributed by atoms with Gasteiger partial charge < -0.3 is 20.3 Å². The summed E-state index contributed by atoms with van der Waals surface area (Å²) < 4.78 is 10.5. The Morgan fingerprint density at radius 1 is 1.38 bits per heavy atom. The van der Waals surface area contributed by atoms with Crippen molar-refractivity contribution in [2.24, 2.45) is 5.73 Å². The quantitative estimate of drug-likeness (QED) is 0.822. The largest absolute Gasteiger partial charge is 0.504 e. The first kappa shape index (κ1) is 12.6. The molecule has 0 radical (unpaired) electrons. The lowest BCUT2D eigenvalue weighted by Gasteiger charge is -2.21. The van der Waals surface area contributed by atoms with Gasteiger partial charge in [0.05, 0.1) is 13.7 Å². The fraction of sp³-hybridized carbons (Fsp3) is 0.500. The molecule has 1 aromatic rings. The van der Waals surface area contributed by atoms with Gasteiger partial charge in [-0.2, -0.15) is 0 Å². The van der Waals surface area contributed by atoms with E-state index in [4.69, 9.17) is 15.2 Å². The van der Waals surface area contributed by atoms with Gasteiger partial charge in [-0.15, -0.1) is 0 Å². The molecular formula is C12H19NO3. The highest BCUT2D eigenvalue weighted by Gasteiger charge is 2.20. The van der Waals surface area contributed by atoms with E-state index in [1.54, 1.807) is 12.1 Å². The zero-order chi connectivity index (χ0) is 12.3. The predicted octanol–water partition coefficient (Wildman–Crippen LogP) is 1.99. The predicted molar refractivity (Wildman–Crippen MR) is 63.0 cm³/mol. The van der Waals surface area contributed by atoms with Crippen LogP contribution in [0.5, 0.6) is 17.2 Å². The summed E-state index contributed by atoms with van der Waals surface area (Å²) in [4.78, 5) is 0. The SMILES string of the molecule is CCOc1cc(C(C)(C)N)cc(O)c1OC. The molecule has 4 heteroatoms. The van der Waals surface area contributed by atoms with Gasteiger partial charge in [-0.1, -0.05) is 0 Å². The van der Waals surface area contributed by atoms with Gasteiger partial charge in [0, 0.05) is 5.54 Å². The van der Waals surface area contributed by atoms with E-state index in [2.05, 4.69) is 0 Å². The van der Waals surface area contributed by atoms with E-state index < -0.39 is 5.54 Å². The molecule has 0 unspecified atom stereocenters. The first-order chi connectivity index (χ1) is 7.40. The van der Waals surface area contributed by atoms with Gasteiger partial charge in [-0.3, -0.25) is 0 Å². The number of rotatable bonds is 4. The number of hydrogen-bond donors (Lipinski definition) is 2. The maximum absolute atomic E-state index is 9.80. The molecule has 0 amide bonds. The molecule has 0 aliphatic heterocycles. The maximum Gasteiger partial charge on any atom is 0.203 e. The lowest BCUT2D eigenvalue weighted by atomic mass is 9.95. The smallest absolute Gasteiger partial charge is 0.203 e. The third kappa shape index (κ3) is 2.58. The van der Waals surface area contributed by atoms with Crippen molar-refractivity contribution in [3.8, 4) is 17.2 Å². The van der Waals surface area contributed by atoms with Crippen LogP contribution in [0.1, 0.15) is 26.3 Å². The Bertz CT molecular complexity index is 369. The highest BCUT2D eigenvalue weighted by molar-refractivity contribution is 5.54. The van der Waals surface area contributed by atoms with Crippen molar-refractivity contribution < 1.29 is 14.6 Å². The number of phenolic OH excluding ortho intramolecular Hbond substituents is 1. The number of aromatic hydroxyl groups is 1. The minimum atomic E-state index is -0.532. The Morgan fingerprint density at radius 3 is 2.44 bits per heavy atom. The summed E-state index contributed by atoms with van der Waals surface area (Å²) in [7, 11) is 1.49. The summed E-state index contributed by atoms with van der Waals surface area (Å²) in [6.07, 6.45) is 0. The van der Waals surface area contributed by atoms with Crippen molar-refractivity contribution >= 4 is 0 Å². The van der Waals surface area contributed by atoms with Crippen molar-refractivity contribution in [2.45, 2.75) is 26.3 Å². The van der Waals surface area contributed by atoms with Crippen LogP contribution in [0.3, 0.4) is 0 Å². The molecule has 0 spiro atoms. The Hall–Kier alpha value is -1.42. The van der Waals surface area contributed by atoms with Crippen LogP contribution in [0.15, 0.2) is 12.1 Å². The number of hydrogen-bond acceptors (Lipinski definition) is 4. The van der Waals surface area contributed by atoms with Crippen molar-refractivity contribution in [2.75, 3.05) is 13.7 Å². The zero-order valence-corrected chi connectivity index (χ0v) is 10.2. The molecule has 3 N–H and O–H groups in total. The lowest BCUT2D eigenvalue weighted by Crippen LogP contribution is -2.28. The average molecular weight is 225 g/mol. The number of phenols is 1. The van der Waals surface area contributed by atoms with Crippen molar-refractivity contribution in [3.05, 3.63) is 17.7 Å². The molecule has 4 nitrogen and oxygen atoms in total. The standard InChI is InChI=1S/C12H19NO3/c1-5-16-10-7-8(12(2,3)13)6-9(14)11(10)15-4/h6-7,14H,5,13H2,1-4H3. The van der Waals surface area contributed by atoms with Crippen LogP contribution in [-0.4, -0.2) is 18.8 Å². The third-order valence-corrected chi connectivity index (χ3v) is 2.28. The molecule has 1 aromatic carbocycles. The van der Waals surface area contributed by atoms with E-state index in [0.717, 1.165) is 5.56 Å². The first-order valence-corrected chi connectivity index (χ1v) is 5.23. The highest BCUT2D eigenvalue weighted by atomic mass is 16.5. The second kappa shape index (κ2) is 4.61. The Labute approximate surface area is 96.0 Å².